The molecule has 0 saturated carbocycles. The fourth-order valence-corrected chi connectivity index (χ4v) is 2.99. The van der Waals surface area contributed by atoms with E-state index in [1.165, 1.54) is 20.8 Å². The first-order valence-corrected chi connectivity index (χ1v) is 10.1. The monoisotopic (exact) mass is 505 g/mol. The summed E-state index contributed by atoms with van der Waals surface area (Å²) >= 11 is 0. The first-order valence-electron chi connectivity index (χ1n) is 8.95. The number of alkyl halides is 7. The summed E-state index contributed by atoms with van der Waals surface area (Å²) in [5, 5.41) is 0. The van der Waals surface area contributed by atoms with Crippen molar-refractivity contribution in [3.05, 3.63) is 64.7 Å². The number of hydrogen-bond donors (Lipinski definition) is 0. The van der Waals surface area contributed by atoms with Gasteiger partial charge >= 0.3 is 18.7 Å². The van der Waals surface area contributed by atoms with E-state index in [1.807, 2.05) is 0 Å². The van der Waals surface area contributed by atoms with Gasteiger partial charge in [0.1, 0.15) is 28.4 Å². The maximum absolute atomic E-state index is 14.1. The molecular formula is C20H16F9NO2S. The molecule has 0 N–H and O–H groups in total. The van der Waals surface area contributed by atoms with Gasteiger partial charge in [-0.25, -0.2) is 13.0 Å². The van der Waals surface area contributed by atoms with Crippen LogP contribution in [-0.2, 0) is 17.2 Å². The topological polar surface area (TPSA) is 38.7 Å². The lowest BCUT2D eigenvalue weighted by Crippen LogP contribution is -2.33. The second kappa shape index (κ2) is 9.35. The Morgan fingerprint density at radius 2 is 1.55 bits per heavy atom. The van der Waals surface area contributed by atoms with Crippen LogP contribution in [0.25, 0.3) is 0 Å². The highest BCUT2D eigenvalue weighted by atomic mass is 32.2. The SMILES string of the molecule is CC(C)(C)[S@@](=O)N=C(c1cc(F)cc(OC(F)(F)C(F)F)c1)c1ccc(F)c(C(F)(F)F)c1. The van der Waals surface area contributed by atoms with Gasteiger partial charge in [0.25, 0.3) is 0 Å². The second-order valence-corrected chi connectivity index (χ2v) is 9.54. The first kappa shape index (κ1) is 26.7. The maximum atomic E-state index is 14.1. The lowest BCUT2D eigenvalue weighted by atomic mass is 9.99. The number of halogens is 9. The van der Waals surface area contributed by atoms with E-state index in [0.717, 1.165) is 6.07 Å². The zero-order chi connectivity index (χ0) is 25.4. The van der Waals surface area contributed by atoms with Crippen LogP contribution in [-0.4, -0.2) is 27.2 Å². The number of hydrogen-bond acceptors (Lipinski definition) is 2. The van der Waals surface area contributed by atoms with Crippen LogP contribution in [0.5, 0.6) is 5.75 Å². The molecule has 0 bridgehead atoms. The highest BCUT2D eigenvalue weighted by Crippen LogP contribution is 2.34. The fraction of sp³-hybridized carbons (Fsp3) is 0.350. The lowest BCUT2D eigenvalue weighted by molar-refractivity contribution is -0.253. The summed E-state index contributed by atoms with van der Waals surface area (Å²) in [5.74, 6) is -4.02. The number of ether oxygens (including phenoxy) is 1. The van der Waals surface area contributed by atoms with Crippen molar-refractivity contribution in [2.45, 2.75) is 44.2 Å². The van der Waals surface area contributed by atoms with Gasteiger partial charge < -0.3 is 4.74 Å². The first-order chi connectivity index (χ1) is 14.9. The van der Waals surface area contributed by atoms with Gasteiger partial charge in [-0.15, -0.1) is 0 Å². The molecule has 0 amide bonds. The van der Waals surface area contributed by atoms with Crippen LogP contribution >= 0.6 is 0 Å². The number of rotatable bonds is 6. The Morgan fingerprint density at radius 1 is 0.939 bits per heavy atom. The van der Waals surface area contributed by atoms with Gasteiger partial charge in [0.2, 0.25) is 0 Å². The smallest absolute Gasteiger partial charge is 0.428 e. The normalized spacial score (nSPS) is 14.5. The second-order valence-electron chi connectivity index (χ2n) is 7.63. The van der Waals surface area contributed by atoms with E-state index in [2.05, 4.69) is 9.13 Å². The molecule has 0 heterocycles. The minimum Gasteiger partial charge on any atom is -0.428 e. The van der Waals surface area contributed by atoms with Gasteiger partial charge in [0.05, 0.1) is 16.0 Å². The molecule has 0 fully saturated rings. The predicted octanol–water partition coefficient (Wildman–Crippen LogP) is 6.52. The minimum atomic E-state index is -5.14. The molecule has 0 saturated heterocycles. The highest BCUT2D eigenvalue weighted by Gasteiger charge is 2.44. The molecule has 0 radical (unpaired) electrons. The van der Waals surface area contributed by atoms with Crippen LogP contribution in [0.1, 0.15) is 37.5 Å². The highest BCUT2D eigenvalue weighted by molar-refractivity contribution is 7.85. The van der Waals surface area contributed by atoms with E-state index in [1.54, 1.807) is 0 Å². The van der Waals surface area contributed by atoms with E-state index in [-0.39, 0.29) is 0 Å². The molecule has 13 heteroatoms. The van der Waals surface area contributed by atoms with Crippen molar-refractivity contribution in [1.82, 2.24) is 0 Å². The molecule has 3 nitrogen and oxygen atoms in total. The van der Waals surface area contributed by atoms with Crippen LogP contribution in [0.15, 0.2) is 40.8 Å². The van der Waals surface area contributed by atoms with Crippen LogP contribution in [0.4, 0.5) is 39.5 Å². The van der Waals surface area contributed by atoms with Crippen molar-refractivity contribution in [3.8, 4) is 5.75 Å². The quantitative estimate of drug-likeness (QED) is 0.331. The van der Waals surface area contributed by atoms with Gasteiger partial charge in [0.15, 0.2) is 0 Å². The maximum Gasteiger partial charge on any atom is 0.461 e. The standard InChI is InChI=1S/C20H16F9NO2S/c1-18(2,3)33(31)30-16(10-4-5-15(22)14(8-10)19(25,26)27)11-6-12(21)9-13(7-11)32-20(28,29)17(23)24/h4-9,17H,1-3H3/t33-/m1/s1. The molecule has 0 unspecified atom stereocenters. The lowest BCUT2D eigenvalue weighted by Gasteiger charge is -2.19. The Morgan fingerprint density at radius 3 is 2.06 bits per heavy atom. The Balaban J connectivity index is 2.74. The fourth-order valence-electron chi connectivity index (χ4n) is 2.34. The largest absolute Gasteiger partial charge is 0.461 e. The van der Waals surface area contributed by atoms with Crippen LogP contribution in [0, 0.1) is 11.6 Å². The summed E-state index contributed by atoms with van der Waals surface area (Å²) in [4.78, 5) is 0. The third kappa shape index (κ3) is 6.71. The molecule has 0 aliphatic rings. The molecule has 2 aromatic rings. The minimum absolute atomic E-state index is 0.313. The zero-order valence-electron chi connectivity index (χ0n) is 17.1. The summed E-state index contributed by atoms with van der Waals surface area (Å²) in [6, 6.07) is 3.15. The summed E-state index contributed by atoms with van der Waals surface area (Å²) < 4.78 is 138. The van der Waals surface area contributed by atoms with Crippen molar-refractivity contribution in [2.75, 3.05) is 0 Å². The Labute approximate surface area is 184 Å². The van der Waals surface area contributed by atoms with Crippen LogP contribution in [0.3, 0.4) is 0 Å². The summed E-state index contributed by atoms with van der Waals surface area (Å²) in [6.07, 6.45) is -14.4. The molecule has 1 atom stereocenters. The van der Waals surface area contributed by atoms with Crippen molar-refractivity contribution >= 4 is 16.7 Å². The van der Waals surface area contributed by atoms with E-state index in [0.29, 0.717) is 30.3 Å². The molecular weight excluding hydrogens is 489 g/mol. The third-order valence-electron chi connectivity index (χ3n) is 3.90. The van der Waals surface area contributed by atoms with Gasteiger partial charge in [-0.3, -0.25) is 0 Å². The average molecular weight is 505 g/mol. The molecule has 0 aromatic heterocycles. The Bertz CT molecular complexity index is 1080. The van der Waals surface area contributed by atoms with Crippen molar-refractivity contribution in [1.29, 1.82) is 0 Å². The zero-order valence-corrected chi connectivity index (χ0v) is 17.9. The van der Waals surface area contributed by atoms with Crippen LogP contribution in [0.2, 0.25) is 0 Å². The summed E-state index contributed by atoms with van der Waals surface area (Å²) in [7, 11) is -2.16. The van der Waals surface area contributed by atoms with Gasteiger partial charge in [-0.05, 0) is 51.1 Å². The Kier molecular flexibility index (Phi) is 7.56. The molecule has 0 aliphatic carbocycles. The van der Waals surface area contributed by atoms with Gasteiger partial charge in [-0.2, -0.15) is 35.1 Å². The van der Waals surface area contributed by atoms with Crippen molar-refractivity contribution in [2.24, 2.45) is 4.40 Å². The van der Waals surface area contributed by atoms with E-state index >= 15 is 0 Å². The molecule has 0 spiro atoms. The van der Waals surface area contributed by atoms with E-state index in [9.17, 15) is 43.7 Å². The van der Waals surface area contributed by atoms with Crippen LogP contribution < -0.4 is 4.74 Å². The van der Waals surface area contributed by atoms with Crippen molar-refractivity contribution in [3.63, 3.8) is 0 Å². The molecule has 33 heavy (non-hydrogen) atoms. The number of nitrogens with zero attached hydrogens (tertiary/aromatic N) is 1. The summed E-state index contributed by atoms with van der Waals surface area (Å²) in [6.45, 7) is 4.37. The van der Waals surface area contributed by atoms with Gasteiger partial charge in [-0.1, -0.05) is 0 Å². The summed E-state index contributed by atoms with van der Waals surface area (Å²) in [5.41, 5.74) is -3.32. The van der Waals surface area contributed by atoms with E-state index in [4.69, 9.17) is 0 Å². The van der Waals surface area contributed by atoms with E-state index < -0.39 is 74.2 Å². The average Bonchev–Trinajstić information content (AvgIpc) is 2.63. The third-order valence-corrected chi connectivity index (χ3v) is 5.29. The Hall–Kier alpha value is -2.57. The number of benzene rings is 2. The van der Waals surface area contributed by atoms with Gasteiger partial charge in [0, 0.05) is 17.2 Å². The predicted molar refractivity (Wildman–Crippen MR) is 103 cm³/mol. The molecule has 182 valence electrons. The molecule has 2 rings (SSSR count). The van der Waals surface area contributed by atoms with Crippen molar-refractivity contribution < 1.29 is 48.5 Å². The molecule has 0 aliphatic heterocycles. The molecule has 2 aromatic carbocycles.